The number of aliphatic hydroxyl groups is 1. The highest BCUT2D eigenvalue weighted by Gasteiger charge is 2.55. The summed E-state index contributed by atoms with van der Waals surface area (Å²) in [4.78, 5) is 31.0. The standard InChI is InChI=1S/C25H30FN3O3/c1-2-28-22-19(20(15-30)23(28)25(32)27-11-4-3-5-12-27)14-29-21(22)10-9-18(24(29)31)16-7-6-8-17(26)13-16/h6-10,13,19-20,22-23,30H,2-5,11-12,14-15H2,1H3/t19-,20-,22+,23-/m1/s1. The highest BCUT2D eigenvalue weighted by atomic mass is 19.1. The fourth-order valence-electron chi connectivity index (χ4n) is 6.14. The smallest absolute Gasteiger partial charge is 0.258 e. The first-order valence-electron chi connectivity index (χ1n) is 11.7. The topological polar surface area (TPSA) is 65.8 Å². The summed E-state index contributed by atoms with van der Waals surface area (Å²) in [5.41, 5.74) is 1.77. The number of likely N-dealkylation sites (N-methyl/N-ethyl adjacent to an activating group) is 1. The molecule has 2 saturated heterocycles. The Morgan fingerprint density at radius 3 is 2.62 bits per heavy atom. The Bertz CT molecular complexity index is 1080. The average molecular weight is 440 g/mol. The Kier molecular flexibility index (Phi) is 5.63. The monoisotopic (exact) mass is 439 g/mol. The van der Waals surface area contributed by atoms with E-state index in [9.17, 15) is 19.1 Å². The van der Waals surface area contributed by atoms with Crippen molar-refractivity contribution in [1.82, 2.24) is 14.4 Å². The van der Waals surface area contributed by atoms with Gasteiger partial charge in [0.2, 0.25) is 5.91 Å². The van der Waals surface area contributed by atoms with Gasteiger partial charge in [-0.1, -0.05) is 19.1 Å². The third-order valence-corrected chi connectivity index (χ3v) is 7.61. The molecule has 2 fully saturated rings. The van der Waals surface area contributed by atoms with Crippen LogP contribution < -0.4 is 5.56 Å². The Hall–Kier alpha value is -2.51. The number of piperidine rings is 1. The minimum absolute atomic E-state index is 0.00542. The van der Waals surface area contributed by atoms with Gasteiger partial charge in [0.05, 0.1) is 12.1 Å². The van der Waals surface area contributed by atoms with Crippen molar-refractivity contribution in [2.75, 3.05) is 26.2 Å². The number of halogens is 1. The van der Waals surface area contributed by atoms with Crippen LogP contribution in [0.2, 0.25) is 0 Å². The molecule has 4 atom stereocenters. The predicted molar refractivity (Wildman–Crippen MR) is 120 cm³/mol. The fraction of sp³-hybridized carbons (Fsp3) is 0.520. The number of carbonyl (C=O) groups is 1. The lowest BCUT2D eigenvalue weighted by Crippen LogP contribution is -2.51. The molecule has 0 spiro atoms. The SMILES string of the molecule is CCN1[C@@H]2c3ccc(-c4cccc(F)c4)c(=O)n3C[C@@H]2[C@@H](CO)[C@@H]1C(=O)N1CCCCC1. The summed E-state index contributed by atoms with van der Waals surface area (Å²) in [6.45, 7) is 4.66. The van der Waals surface area contributed by atoms with Gasteiger partial charge in [0.1, 0.15) is 5.82 Å². The summed E-state index contributed by atoms with van der Waals surface area (Å²) < 4.78 is 15.5. The van der Waals surface area contributed by atoms with Crippen LogP contribution in [-0.4, -0.2) is 57.7 Å². The average Bonchev–Trinajstić information content (AvgIpc) is 3.34. The van der Waals surface area contributed by atoms with Crippen molar-refractivity contribution in [1.29, 1.82) is 0 Å². The molecule has 0 bridgehead atoms. The lowest BCUT2D eigenvalue weighted by atomic mass is 9.88. The Morgan fingerprint density at radius 1 is 1.16 bits per heavy atom. The molecule has 1 amide bonds. The van der Waals surface area contributed by atoms with E-state index in [4.69, 9.17) is 0 Å². The number of carbonyl (C=O) groups excluding carboxylic acids is 1. The van der Waals surface area contributed by atoms with Crippen molar-refractivity contribution in [2.45, 2.75) is 44.8 Å². The van der Waals surface area contributed by atoms with Crippen molar-refractivity contribution < 1.29 is 14.3 Å². The Morgan fingerprint density at radius 2 is 1.94 bits per heavy atom. The molecule has 6 nitrogen and oxygen atoms in total. The number of likely N-dealkylation sites (tertiary alicyclic amines) is 2. The number of aromatic nitrogens is 1. The van der Waals surface area contributed by atoms with E-state index in [2.05, 4.69) is 4.90 Å². The van der Waals surface area contributed by atoms with Crippen LogP contribution in [0, 0.1) is 17.7 Å². The molecule has 7 heteroatoms. The second-order valence-electron chi connectivity index (χ2n) is 9.21. The van der Waals surface area contributed by atoms with Crippen molar-refractivity contribution in [3.8, 4) is 11.1 Å². The maximum Gasteiger partial charge on any atom is 0.258 e. The molecule has 1 aromatic carbocycles. The van der Waals surface area contributed by atoms with Gasteiger partial charge >= 0.3 is 0 Å². The lowest BCUT2D eigenvalue weighted by molar-refractivity contribution is -0.139. The second-order valence-corrected chi connectivity index (χ2v) is 9.21. The summed E-state index contributed by atoms with van der Waals surface area (Å²) in [7, 11) is 0. The summed E-state index contributed by atoms with van der Waals surface area (Å²) in [5.74, 6) is -0.480. The molecule has 1 aromatic heterocycles. The number of amides is 1. The fourth-order valence-corrected chi connectivity index (χ4v) is 6.14. The largest absolute Gasteiger partial charge is 0.396 e. The highest BCUT2D eigenvalue weighted by Crippen LogP contribution is 2.49. The predicted octanol–water partition coefficient (Wildman–Crippen LogP) is 2.65. The van der Waals surface area contributed by atoms with E-state index >= 15 is 0 Å². The van der Waals surface area contributed by atoms with Crippen LogP contribution in [-0.2, 0) is 11.3 Å². The maximum absolute atomic E-state index is 13.7. The van der Waals surface area contributed by atoms with E-state index in [1.165, 1.54) is 12.1 Å². The molecule has 1 N–H and O–H groups in total. The number of rotatable bonds is 4. The normalized spacial score (nSPS) is 27.4. The van der Waals surface area contributed by atoms with Crippen LogP contribution in [0.4, 0.5) is 4.39 Å². The molecular formula is C25H30FN3O3. The van der Waals surface area contributed by atoms with Crippen molar-refractivity contribution >= 4 is 5.91 Å². The molecule has 3 aliphatic heterocycles. The van der Waals surface area contributed by atoms with Crippen molar-refractivity contribution in [3.05, 3.63) is 58.3 Å². The van der Waals surface area contributed by atoms with E-state index in [1.54, 1.807) is 22.8 Å². The molecule has 0 aliphatic carbocycles. The second kappa shape index (κ2) is 8.45. The summed E-state index contributed by atoms with van der Waals surface area (Å²) in [6.07, 6.45) is 3.22. The van der Waals surface area contributed by atoms with E-state index < -0.39 is 0 Å². The van der Waals surface area contributed by atoms with Gasteiger partial charge in [-0.3, -0.25) is 14.5 Å². The van der Waals surface area contributed by atoms with Crippen LogP contribution in [0.3, 0.4) is 0 Å². The van der Waals surface area contributed by atoms with Crippen LogP contribution in [0.5, 0.6) is 0 Å². The van der Waals surface area contributed by atoms with Gasteiger partial charge < -0.3 is 14.6 Å². The molecule has 2 aromatic rings. The van der Waals surface area contributed by atoms with Gasteiger partial charge in [0.25, 0.3) is 5.56 Å². The zero-order valence-electron chi connectivity index (χ0n) is 18.4. The quantitative estimate of drug-likeness (QED) is 0.796. The number of pyridine rings is 1. The van der Waals surface area contributed by atoms with Gasteiger partial charge in [-0.2, -0.15) is 0 Å². The molecule has 0 radical (unpaired) electrons. The van der Waals surface area contributed by atoms with Gasteiger partial charge in [-0.25, -0.2) is 4.39 Å². The van der Waals surface area contributed by atoms with Gasteiger partial charge in [-0.15, -0.1) is 0 Å². The summed E-state index contributed by atoms with van der Waals surface area (Å²) >= 11 is 0. The number of benzene rings is 1. The lowest BCUT2D eigenvalue weighted by Gasteiger charge is -2.35. The van der Waals surface area contributed by atoms with Crippen LogP contribution in [0.25, 0.3) is 11.1 Å². The number of hydrogen-bond acceptors (Lipinski definition) is 4. The first-order chi connectivity index (χ1) is 15.5. The van der Waals surface area contributed by atoms with Gasteiger partial charge in [-0.05, 0) is 55.6 Å². The van der Waals surface area contributed by atoms with Crippen LogP contribution in [0.1, 0.15) is 37.9 Å². The molecule has 3 aliphatic rings. The molecular weight excluding hydrogens is 409 g/mol. The van der Waals surface area contributed by atoms with Crippen molar-refractivity contribution in [3.63, 3.8) is 0 Å². The van der Waals surface area contributed by atoms with Crippen LogP contribution >= 0.6 is 0 Å². The molecule has 0 unspecified atom stereocenters. The van der Waals surface area contributed by atoms with E-state index in [0.717, 1.165) is 38.0 Å². The summed E-state index contributed by atoms with van der Waals surface area (Å²) in [5, 5.41) is 10.3. The molecule has 0 saturated carbocycles. The third kappa shape index (κ3) is 3.30. The number of nitrogens with zero attached hydrogens (tertiary/aromatic N) is 3. The molecule has 32 heavy (non-hydrogen) atoms. The van der Waals surface area contributed by atoms with Gasteiger partial charge in [0.15, 0.2) is 0 Å². The Balaban J connectivity index is 1.52. The van der Waals surface area contributed by atoms with Crippen molar-refractivity contribution in [2.24, 2.45) is 11.8 Å². The summed E-state index contributed by atoms with van der Waals surface area (Å²) in [6, 6.07) is 9.36. The number of hydrogen-bond donors (Lipinski definition) is 1. The minimum atomic E-state index is -0.374. The first kappa shape index (κ1) is 21.3. The third-order valence-electron chi connectivity index (χ3n) is 7.61. The minimum Gasteiger partial charge on any atom is -0.396 e. The van der Waals surface area contributed by atoms with E-state index in [1.807, 2.05) is 17.9 Å². The molecule has 4 heterocycles. The first-order valence-corrected chi connectivity index (χ1v) is 11.7. The van der Waals surface area contributed by atoms with Crippen LogP contribution in [0.15, 0.2) is 41.2 Å². The Labute approximate surface area is 187 Å². The zero-order valence-corrected chi connectivity index (χ0v) is 18.4. The van der Waals surface area contributed by atoms with E-state index in [0.29, 0.717) is 24.2 Å². The highest BCUT2D eigenvalue weighted by molar-refractivity contribution is 5.83. The molecule has 170 valence electrons. The van der Waals surface area contributed by atoms with Gasteiger partial charge in [0, 0.05) is 49.3 Å². The maximum atomic E-state index is 13.7. The zero-order chi connectivity index (χ0) is 22.4. The number of aliphatic hydroxyl groups excluding tert-OH is 1. The van der Waals surface area contributed by atoms with E-state index in [-0.39, 0.29) is 47.8 Å². The number of fused-ring (bicyclic) bond motifs is 3. The molecule has 5 rings (SSSR count).